The zero-order valence-corrected chi connectivity index (χ0v) is 11.3. The molecular formula is C13H28N2O. The van der Waals surface area contributed by atoms with E-state index in [4.69, 9.17) is 0 Å². The molecule has 0 aliphatic heterocycles. The molecule has 0 aliphatic carbocycles. The molecule has 0 heterocycles. The highest BCUT2D eigenvalue weighted by molar-refractivity contribution is 5.76. The molecule has 2 N–H and O–H groups in total. The lowest BCUT2D eigenvalue weighted by Gasteiger charge is -2.14. The predicted octanol–water partition coefficient (Wildman–Crippen LogP) is 2.32. The van der Waals surface area contributed by atoms with Crippen molar-refractivity contribution in [3.8, 4) is 0 Å². The number of nitrogens with one attached hydrogen (secondary N) is 2. The van der Waals surface area contributed by atoms with Crippen LogP contribution < -0.4 is 10.6 Å². The van der Waals surface area contributed by atoms with Crippen molar-refractivity contribution in [2.45, 2.75) is 59.4 Å². The van der Waals surface area contributed by atoms with E-state index in [9.17, 15) is 4.79 Å². The molecule has 0 saturated carbocycles. The Kier molecular flexibility index (Phi) is 9.30. The Labute approximate surface area is 100 Å². The zero-order chi connectivity index (χ0) is 12.4. The molecule has 1 amide bonds. The van der Waals surface area contributed by atoms with Crippen LogP contribution in [0.2, 0.25) is 0 Å². The van der Waals surface area contributed by atoms with Gasteiger partial charge in [0.05, 0.1) is 0 Å². The summed E-state index contributed by atoms with van der Waals surface area (Å²) in [5.74, 6) is 0.907. The van der Waals surface area contributed by atoms with Crippen LogP contribution >= 0.6 is 0 Å². The molecule has 1 atom stereocenters. The highest BCUT2D eigenvalue weighted by Gasteiger charge is 2.06. The average Bonchev–Trinajstić information content (AvgIpc) is 2.29. The summed E-state index contributed by atoms with van der Waals surface area (Å²) in [6.07, 6.45) is 4.00. The van der Waals surface area contributed by atoms with E-state index in [2.05, 4.69) is 31.4 Å². The summed E-state index contributed by atoms with van der Waals surface area (Å²) in [5.41, 5.74) is 0. The van der Waals surface area contributed by atoms with Crippen molar-refractivity contribution >= 4 is 5.91 Å². The number of carbonyl (C=O) groups excluding carboxylic acids is 1. The molecule has 0 radical (unpaired) electrons. The Morgan fingerprint density at radius 1 is 1.12 bits per heavy atom. The Bertz CT molecular complexity index is 179. The molecule has 0 fully saturated rings. The fourth-order valence-corrected chi connectivity index (χ4v) is 1.53. The summed E-state index contributed by atoms with van der Waals surface area (Å²) in [6, 6.07) is 0.298. The minimum absolute atomic E-state index is 0.159. The van der Waals surface area contributed by atoms with E-state index in [1.165, 1.54) is 12.8 Å². The second-order valence-electron chi connectivity index (χ2n) is 4.51. The van der Waals surface area contributed by atoms with Gasteiger partial charge < -0.3 is 10.6 Å². The van der Waals surface area contributed by atoms with Gasteiger partial charge in [-0.25, -0.2) is 0 Å². The van der Waals surface area contributed by atoms with E-state index in [0.29, 0.717) is 12.5 Å². The Morgan fingerprint density at radius 3 is 2.25 bits per heavy atom. The topological polar surface area (TPSA) is 41.1 Å². The maximum Gasteiger partial charge on any atom is 0.221 e. The maximum absolute atomic E-state index is 11.4. The van der Waals surface area contributed by atoms with Crippen LogP contribution in [0.25, 0.3) is 0 Å². The largest absolute Gasteiger partial charge is 0.354 e. The van der Waals surface area contributed by atoms with E-state index in [0.717, 1.165) is 25.4 Å². The number of amides is 1. The minimum atomic E-state index is 0.159. The first kappa shape index (κ1) is 15.4. The smallest absolute Gasteiger partial charge is 0.221 e. The average molecular weight is 228 g/mol. The van der Waals surface area contributed by atoms with Crippen molar-refractivity contribution in [1.29, 1.82) is 0 Å². The molecule has 96 valence electrons. The third-order valence-electron chi connectivity index (χ3n) is 3.14. The fourth-order valence-electron chi connectivity index (χ4n) is 1.53. The summed E-state index contributed by atoms with van der Waals surface area (Å²) in [4.78, 5) is 11.4. The van der Waals surface area contributed by atoms with Crippen molar-refractivity contribution < 1.29 is 4.79 Å². The predicted molar refractivity (Wildman–Crippen MR) is 69.5 cm³/mol. The Morgan fingerprint density at radius 2 is 1.75 bits per heavy atom. The van der Waals surface area contributed by atoms with Crippen LogP contribution in [0.5, 0.6) is 0 Å². The van der Waals surface area contributed by atoms with Gasteiger partial charge in [-0.05, 0) is 25.8 Å². The van der Waals surface area contributed by atoms with Crippen LogP contribution in [0.15, 0.2) is 0 Å². The van der Waals surface area contributed by atoms with Gasteiger partial charge in [-0.2, -0.15) is 0 Å². The van der Waals surface area contributed by atoms with Gasteiger partial charge in [-0.15, -0.1) is 0 Å². The molecule has 0 aromatic heterocycles. The van der Waals surface area contributed by atoms with Gasteiger partial charge in [0.15, 0.2) is 0 Å². The molecule has 0 aromatic carbocycles. The van der Waals surface area contributed by atoms with E-state index in [1.54, 1.807) is 0 Å². The molecule has 16 heavy (non-hydrogen) atoms. The third-order valence-corrected chi connectivity index (χ3v) is 3.14. The van der Waals surface area contributed by atoms with Crippen molar-refractivity contribution in [3.63, 3.8) is 0 Å². The highest BCUT2D eigenvalue weighted by atomic mass is 16.1. The molecule has 0 saturated heterocycles. The van der Waals surface area contributed by atoms with E-state index in [1.807, 2.05) is 6.92 Å². The monoisotopic (exact) mass is 228 g/mol. The van der Waals surface area contributed by atoms with Crippen LogP contribution in [0.1, 0.15) is 53.4 Å². The van der Waals surface area contributed by atoms with Gasteiger partial charge >= 0.3 is 0 Å². The van der Waals surface area contributed by atoms with Gasteiger partial charge in [0.25, 0.3) is 0 Å². The lowest BCUT2D eigenvalue weighted by Crippen LogP contribution is -2.34. The highest BCUT2D eigenvalue weighted by Crippen LogP contribution is 2.04. The van der Waals surface area contributed by atoms with Crippen molar-refractivity contribution in [1.82, 2.24) is 10.6 Å². The van der Waals surface area contributed by atoms with Gasteiger partial charge in [0.2, 0.25) is 5.91 Å². The summed E-state index contributed by atoms with van der Waals surface area (Å²) >= 11 is 0. The fraction of sp³-hybridized carbons (Fsp3) is 0.923. The molecule has 0 spiro atoms. The summed E-state index contributed by atoms with van der Waals surface area (Å²) in [6.45, 7) is 10.4. The van der Waals surface area contributed by atoms with Crippen molar-refractivity contribution in [2.24, 2.45) is 5.92 Å². The number of rotatable bonds is 9. The normalized spacial score (nSPS) is 12.8. The lowest BCUT2D eigenvalue weighted by molar-refractivity contribution is -0.121. The lowest BCUT2D eigenvalue weighted by atomic mass is 10.0. The molecule has 0 aliphatic rings. The van der Waals surface area contributed by atoms with Gasteiger partial charge in [-0.3, -0.25) is 4.79 Å². The molecule has 0 bridgehead atoms. The minimum Gasteiger partial charge on any atom is -0.354 e. The number of hydrogen-bond acceptors (Lipinski definition) is 2. The van der Waals surface area contributed by atoms with Gasteiger partial charge in [-0.1, -0.05) is 33.6 Å². The maximum atomic E-state index is 11.4. The van der Waals surface area contributed by atoms with Crippen LogP contribution in [0.4, 0.5) is 0 Å². The molecule has 0 aromatic rings. The van der Waals surface area contributed by atoms with E-state index < -0.39 is 0 Å². The number of hydrogen-bond donors (Lipinski definition) is 2. The van der Waals surface area contributed by atoms with Crippen LogP contribution in [-0.4, -0.2) is 25.0 Å². The summed E-state index contributed by atoms with van der Waals surface area (Å²) in [7, 11) is 0. The van der Waals surface area contributed by atoms with Crippen LogP contribution in [0.3, 0.4) is 0 Å². The second kappa shape index (κ2) is 9.64. The Hall–Kier alpha value is -0.570. The summed E-state index contributed by atoms with van der Waals surface area (Å²) < 4.78 is 0. The Balaban J connectivity index is 3.47. The quantitative estimate of drug-likeness (QED) is 0.595. The standard InChI is InChI=1S/C13H28N2O/c1-5-11(4)15-13(16)8-9-14-10-12(6-2)7-3/h11-12,14H,5-10H2,1-4H3,(H,15,16). The zero-order valence-electron chi connectivity index (χ0n) is 11.3. The van der Waals surface area contributed by atoms with Crippen LogP contribution in [-0.2, 0) is 4.79 Å². The first-order valence-corrected chi connectivity index (χ1v) is 6.64. The second-order valence-corrected chi connectivity index (χ2v) is 4.51. The van der Waals surface area contributed by atoms with E-state index >= 15 is 0 Å². The molecule has 1 unspecified atom stereocenters. The summed E-state index contributed by atoms with van der Waals surface area (Å²) in [5, 5.41) is 6.32. The molecule has 0 rings (SSSR count). The van der Waals surface area contributed by atoms with Crippen LogP contribution in [0, 0.1) is 5.92 Å². The molecule has 3 heteroatoms. The SMILES string of the molecule is CCC(CC)CNCCC(=O)NC(C)CC. The first-order chi connectivity index (χ1) is 7.63. The molecule has 3 nitrogen and oxygen atoms in total. The number of carbonyl (C=O) groups is 1. The first-order valence-electron chi connectivity index (χ1n) is 6.64. The van der Waals surface area contributed by atoms with Gasteiger partial charge in [0.1, 0.15) is 0 Å². The molecular weight excluding hydrogens is 200 g/mol. The van der Waals surface area contributed by atoms with Gasteiger partial charge in [0, 0.05) is 19.0 Å². The third kappa shape index (κ3) is 7.69. The van der Waals surface area contributed by atoms with Crippen molar-refractivity contribution in [2.75, 3.05) is 13.1 Å². The van der Waals surface area contributed by atoms with Crippen molar-refractivity contribution in [3.05, 3.63) is 0 Å². The van der Waals surface area contributed by atoms with E-state index in [-0.39, 0.29) is 5.91 Å².